The maximum Gasteiger partial charge on any atom is 0.339 e. The molecule has 0 aliphatic carbocycles. The fraction of sp³-hybridized carbons (Fsp3) is 0.292. The van der Waals surface area contributed by atoms with E-state index in [4.69, 9.17) is 14.6 Å². The van der Waals surface area contributed by atoms with Crippen LogP contribution < -0.4 is 10.1 Å². The third kappa shape index (κ3) is 8.46. The van der Waals surface area contributed by atoms with Gasteiger partial charge in [-0.25, -0.2) is 9.59 Å². The van der Waals surface area contributed by atoms with Crippen LogP contribution in [0, 0.1) is 0 Å². The number of hydrogen-bond donors (Lipinski definition) is 4. The maximum absolute atomic E-state index is 12.0. The molecule has 4 N–H and O–H groups in total. The standard InChI is InChI=1S/C24H27N3O8/c1-34-21-13-15(6-9-20(21)29)7-11-22(30)25-12-4-3-5-18(24(33)35-2)27-26-16-8-10-19(28)17(14-16)23(31)32/h6-11,13-14,18,28-29H,3-5,12H2,1-2H3,(H,25,30)(H,31,32)/b11-7+,27-26?. The molecule has 1 atom stereocenters. The number of carbonyl (C=O) groups excluding carboxylic acids is 2. The van der Waals surface area contributed by atoms with Crippen LogP contribution in [0.1, 0.15) is 35.2 Å². The summed E-state index contributed by atoms with van der Waals surface area (Å²) in [4.78, 5) is 35.1. The summed E-state index contributed by atoms with van der Waals surface area (Å²) < 4.78 is 9.77. The number of carboxylic acid groups (broad SMARTS) is 1. The number of hydrogen-bond acceptors (Lipinski definition) is 9. The second-order valence-electron chi connectivity index (χ2n) is 7.31. The third-order valence-electron chi connectivity index (χ3n) is 4.83. The Morgan fingerprint density at radius 3 is 2.49 bits per heavy atom. The van der Waals surface area contributed by atoms with Crippen LogP contribution in [-0.4, -0.2) is 60.0 Å². The van der Waals surface area contributed by atoms with Crippen molar-refractivity contribution in [1.82, 2.24) is 5.32 Å². The van der Waals surface area contributed by atoms with Crippen LogP contribution in [-0.2, 0) is 14.3 Å². The van der Waals surface area contributed by atoms with Gasteiger partial charge >= 0.3 is 11.9 Å². The number of carboxylic acids is 1. The average Bonchev–Trinajstić information content (AvgIpc) is 2.85. The van der Waals surface area contributed by atoms with E-state index in [0.717, 1.165) is 6.07 Å². The number of phenols is 2. The number of carbonyl (C=O) groups is 3. The average molecular weight is 485 g/mol. The van der Waals surface area contributed by atoms with Crippen molar-refractivity contribution in [3.05, 3.63) is 53.6 Å². The summed E-state index contributed by atoms with van der Waals surface area (Å²) in [5.41, 5.74) is 0.523. The molecule has 0 aromatic heterocycles. The Hall–Kier alpha value is -4.41. The van der Waals surface area contributed by atoms with Gasteiger partial charge < -0.3 is 30.1 Å². The van der Waals surface area contributed by atoms with Crippen LogP contribution >= 0.6 is 0 Å². The predicted octanol–water partition coefficient (Wildman–Crippen LogP) is 3.43. The summed E-state index contributed by atoms with van der Waals surface area (Å²) in [6.07, 6.45) is 4.36. The van der Waals surface area contributed by atoms with E-state index in [1.165, 1.54) is 38.5 Å². The van der Waals surface area contributed by atoms with E-state index in [1.807, 2.05) is 0 Å². The number of methoxy groups -OCH3 is 2. The highest BCUT2D eigenvalue weighted by molar-refractivity contribution is 5.92. The number of esters is 1. The highest BCUT2D eigenvalue weighted by Gasteiger charge is 2.18. The summed E-state index contributed by atoms with van der Waals surface area (Å²) in [7, 11) is 2.66. The molecule has 0 aliphatic rings. The molecule has 0 heterocycles. The lowest BCUT2D eigenvalue weighted by molar-refractivity contribution is -0.142. The van der Waals surface area contributed by atoms with E-state index < -0.39 is 23.7 Å². The first-order valence-electron chi connectivity index (χ1n) is 10.6. The van der Waals surface area contributed by atoms with Crippen molar-refractivity contribution in [2.75, 3.05) is 20.8 Å². The zero-order valence-corrected chi connectivity index (χ0v) is 19.3. The Balaban J connectivity index is 1.84. The summed E-state index contributed by atoms with van der Waals surface area (Å²) in [6, 6.07) is 7.51. The molecule has 0 aliphatic heterocycles. The van der Waals surface area contributed by atoms with Crippen LogP contribution in [0.3, 0.4) is 0 Å². The molecule has 186 valence electrons. The van der Waals surface area contributed by atoms with Gasteiger partial charge in [0.15, 0.2) is 17.5 Å². The lowest BCUT2D eigenvalue weighted by Crippen LogP contribution is -2.23. The normalized spacial score (nSPS) is 11.9. The lowest BCUT2D eigenvalue weighted by Gasteiger charge is -2.09. The summed E-state index contributed by atoms with van der Waals surface area (Å²) >= 11 is 0. The van der Waals surface area contributed by atoms with E-state index >= 15 is 0 Å². The molecule has 2 aromatic rings. The Labute approximate surface area is 201 Å². The molecule has 11 nitrogen and oxygen atoms in total. The number of phenolic OH excluding ortho intramolecular Hbond substituents is 1. The smallest absolute Gasteiger partial charge is 0.339 e. The van der Waals surface area contributed by atoms with Gasteiger partial charge in [-0.2, -0.15) is 10.2 Å². The molecule has 0 saturated heterocycles. The van der Waals surface area contributed by atoms with Crippen molar-refractivity contribution >= 4 is 29.6 Å². The molecule has 11 heteroatoms. The zero-order chi connectivity index (χ0) is 25.8. The quantitative estimate of drug-likeness (QED) is 0.153. The molecule has 0 bridgehead atoms. The van der Waals surface area contributed by atoms with Crippen molar-refractivity contribution in [1.29, 1.82) is 0 Å². The number of aromatic hydroxyl groups is 2. The van der Waals surface area contributed by atoms with Crippen LogP contribution in [0.5, 0.6) is 17.2 Å². The minimum Gasteiger partial charge on any atom is -0.507 e. The van der Waals surface area contributed by atoms with E-state index in [2.05, 4.69) is 15.5 Å². The van der Waals surface area contributed by atoms with E-state index in [0.29, 0.717) is 37.1 Å². The van der Waals surface area contributed by atoms with Crippen LogP contribution in [0.25, 0.3) is 6.08 Å². The van der Waals surface area contributed by atoms with Gasteiger partial charge in [-0.15, -0.1) is 0 Å². The lowest BCUT2D eigenvalue weighted by atomic mass is 10.1. The molecular formula is C24H27N3O8. The first-order chi connectivity index (χ1) is 16.7. The number of ether oxygens (including phenoxy) is 2. The van der Waals surface area contributed by atoms with E-state index in [1.54, 1.807) is 18.2 Å². The molecule has 0 saturated carbocycles. The van der Waals surface area contributed by atoms with E-state index in [-0.39, 0.29) is 22.9 Å². The highest BCUT2D eigenvalue weighted by Crippen LogP contribution is 2.27. The number of rotatable bonds is 12. The number of unbranched alkanes of at least 4 members (excludes halogenated alkanes) is 1. The minimum absolute atomic E-state index is 0.00646. The SMILES string of the molecule is COC(=O)C(CCCCNC(=O)/C=C/c1ccc(O)c(OC)c1)N=Nc1ccc(O)c(C(=O)O)c1. The van der Waals surface area contributed by atoms with Gasteiger partial charge in [-0.05, 0) is 61.2 Å². The monoisotopic (exact) mass is 485 g/mol. The maximum atomic E-state index is 12.0. The molecular weight excluding hydrogens is 458 g/mol. The number of nitrogens with one attached hydrogen (secondary N) is 1. The van der Waals surface area contributed by atoms with Crippen LogP contribution in [0.4, 0.5) is 5.69 Å². The Morgan fingerprint density at radius 2 is 1.80 bits per heavy atom. The van der Waals surface area contributed by atoms with Gasteiger partial charge in [0.25, 0.3) is 0 Å². The highest BCUT2D eigenvalue weighted by atomic mass is 16.5. The molecule has 35 heavy (non-hydrogen) atoms. The topological polar surface area (TPSA) is 167 Å². The van der Waals surface area contributed by atoms with Crippen molar-refractivity contribution in [3.63, 3.8) is 0 Å². The number of aromatic carboxylic acids is 1. The predicted molar refractivity (Wildman–Crippen MR) is 126 cm³/mol. The molecule has 2 rings (SSSR count). The van der Waals surface area contributed by atoms with Crippen LogP contribution in [0.15, 0.2) is 52.7 Å². The molecule has 0 spiro atoms. The van der Waals surface area contributed by atoms with Gasteiger partial charge in [0, 0.05) is 12.6 Å². The largest absolute Gasteiger partial charge is 0.507 e. The van der Waals surface area contributed by atoms with Gasteiger partial charge in [0.2, 0.25) is 5.91 Å². The number of azo groups is 1. The van der Waals surface area contributed by atoms with Crippen molar-refractivity contribution in [2.45, 2.75) is 25.3 Å². The fourth-order valence-electron chi connectivity index (χ4n) is 2.96. The third-order valence-corrected chi connectivity index (χ3v) is 4.83. The van der Waals surface area contributed by atoms with Gasteiger partial charge in [-0.1, -0.05) is 6.07 Å². The van der Waals surface area contributed by atoms with Crippen LogP contribution in [0.2, 0.25) is 0 Å². The second kappa shape index (κ2) is 13.3. The Morgan fingerprint density at radius 1 is 1.06 bits per heavy atom. The summed E-state index contributed by atoms with van der Waals surface area (Å²) in [5, 5.41) is 38.8. The molecule has 1 amide bonds. The zero-order valence-electron chi connectivity index (χ0n) is 19.3. The second-order valence-corrected chi connectivity index (χ2v) is 7.31. The Bertz CT molecular complexity index is 1110. The number of benzene rings is 2. The van der Waals surface area contributed by atoms with Crippen molar-refractivity contribution in [3.8, 4) is 17.2 Å². The molecule has 0 radical (unpaired) electrons. The fourth-order valence-corrected chi connectivity index (χ4v) is 2.96. The summed E-state index contributed by atoms with van der Waals surface area (Å²) in [5.74, 6) is -2.31. The van der Waals surface area contributed by atoms with Crippen molar-refractivity contribution in [2.24, 2.45) is 10.2 Å². The van der Waals surface area contributed by atoms with Gasteiger partial charge in [-0.3, -0.25) is 4.79 Å². The first-order valence-corrected chi connectivity index (χ1v) is 10.6. The van der Waals surface area contributed by atoms with Crippen molar-refractivity contribution < 1.29 is 39.2 Å². The minimum atomic E-state index is -1.32. The number of nitrogens with zero attached hydrogens (tertiary/aromatic N) is 2. The summed E-state index contributed by atoms with van der Waals surface area (Å²) in [6.45, 7) is 0.368. The molecule has 2 aromatic carbocycles. The first kappa shape index (κ1) is 26.8. The molecule has 1 unspecified atom stereocenters. The van der Waals surface area contributed by atoms with Gasteiger partial charge in [0.1, 0.15) is 11.3 Å². The van der Waals surface area contributed by atoms with E-state index in [9.17, 15) is 24.6 Å². The van der Waals surface area contributed by atoms with Gasteiger partial charge in [0.05, 0.1) is 19.9 Å². The Kier molecular flexibility index (Phi) is 10.2. The number of amides is 1. The molecule has 0 fully saturated rings.